The van der Waals surface area contributed by atoms with Gasteiger partial charge in [-0.25, -0.2) is 4.79 Å². The first kappa shape index (κ1) is 15.4. The summed E-state index contributed by atoms with van der Waals surface area (Å²) in [5.74, 6) is -0.442. The molecule has 0 bridgehead atoms. The summed E-state index contributed by atoms with van der Waals surface area (Å²) in [4.78, 5) is 11.8. The molecular formula is C17H14F3NO2. The van der Waals surface area contributed by atoms with Crippen LogP contribution in [0, 0.1) is 0 Å². The molecule has 2 aromatic rings. The largest absolute Gasteiger partial charge is 0.465 e. The van der Waals surface area contributed by atoms with E-state index in [0.717, 1.165) is 23.3 Å². The highest BCUT2D eigenvalue weighted by atomic mass is 19.4. The molecule has 0 aromatic heterocycles. The Kier molecular flexibility index (Phi) is 3.75. The van der Waals surface area contributed by atoms with Crippen molar-refractivity contribution in [1.82, 2.24) is 0 Å². The predicted molar refractivity (Wildman–Crippen MR) is 79.3 cm³/mol. The monoisotopic (exact) mass is 321 g/mol. The van der Waals surface area contributed by atoms with Crippen LogP contribution in [0.25, 0.3) is 0 Å². The number of benzene rings is 2. The zero-order valence-electron chi connectivity index (χ0n) is 12.3. The number of fused-ring (bicyclic) bond motifs is 1. The second-order valence-electron chi connectivity index (χ2n) is 5.35. The average Bonchev–Trinajstić information content (AvgIpc) is 2.97. The van der Waals surface area contributed by atoms with Crippen molar-refractivity contribution in [2.75, 3.05) is 12.4 Å². The summed E-state index contributed by atoms with van der Waals surface area (Å²) in [6.07, 6.45) is -3.74. The normalized spacial score (nSPS) is 16.6. The van der Waals surface area contributed by atoms with Crippen LogP contribution in [0.2, 0.25) is 0 Å². The van der Waals surface area contributed by atoms with Gasteiger partial charge in [0.15, 0.2) is 0 Å². The molecule has 0 fully saturated rings. The number of para-hydroxylation sites is 1. The third kappa shape index (κ3) is 2.88. The third-order valence-corrected chi connectivity index (χ3v) is 3.94. The van der Waals surface area contributed by atoms with E-state index in [2.05, 4.69) is 5.32 Å². The number of carbonyl (C=O) groups excluding carboxylic acids is 1. The molecule has 0 unspecified atom stereocenters. The van der Waals surface area contributed by atoms with Crippen molar-refractivity contribution in [2.45, 2.75) is 18.6 Å². The Morgan fingerprint density at radius 1 is 1.17 bits per heavy atom. The number of nitrogens with one attached hydrogen (secondary N) is 1. The van der Waals surface area contributed by atoms with Crippen LogP contribution in [0.5, 0.6) is 0 Å². The van der Waals surface area contributed by atoms with E-state index in [-0.39, 0.29) is 6.04 Å². The van der Waals surface area contributed by atoms with Crippen LogP contribution in [0.15, 0.2) is 42.5 Å². The number of hydrogen-bond acceptors (Lipinski definition) is 3. The van der Waals surface area contributed by atoms with E-state index < -0.39 is 17.7 Å². The van der Waals surface area contributed by atoms with Gasteiger partial charge in [0.05, 0.1) is 30.0 Å². The van der Waals surface area contributed by atoms with Gasteiger partial charge in [-0.2, -0.15) is 13.2 Å². The van der Waals surface area contributed by atoms with Gasteiger partial charge in [-0.1, -0.05) is 24.3 Å². The summed E-state index contributed by atoms with van der Waals surface area (Å²) < 4.78 is 42.6. The molecule has 1 atom stereocenters. The molecule has 3 nitrogen and oxygen atoms in total. The van der Waals surface area contributed by atoms with Crippen LogP contribution in [0.4, 0.5) is 18.9 Å². The minimum absolute atomic E-state index is 0.168. The third-order valence-electron chi connectivity index (χ3n) is 3.94. The zero-order chi connectivity index (χ0) is 16.6. The van der Waals surface area contributed by atoms with Crippen molar-refractivity contribution >= 4 is 11.7 Å². The Hall–Kier alpha value is -2.50. The maximum atomic E-state index is 12.6. The quantitative estimate of drug-likeness (QED) is 0.843. The fourth-order valence-corrected chi connectivity index (χ4v) is 2.77. The average molecular weight is 321 g/mol. The van der Waals surface area contributed by atoms with Crippen molar-refractivity contribution in [2.24, 2.45) is 0 Å². The summed E-state index contributed by atoms with van der Waals surface area (Å²) in [6, 6.07) is 10.2. The second kappa shape index (κ2) is 5.61. The number of anilines is 1. The zero-order valence-corrected chi connectivity index (χ0v) is 12.3. The fourth-order valence-electron chi connectivity index (χ4n) is 2.77. The van der Waals surface area contributed by atoms with Crippen LogP contribution in [0.1, 0.15) is 33.1 Å². The molecule has 0 amide bonds. The van der Waals surface area contributed by atoms with Crippen LogP contribution in [-0.4, -0.2) is 13.1 Å². The molecule has 0 spiro atoms. The maximum absolute atomic E-state index is 12.6. The van der Waals surface area contributed by atoms with E-state index in [1.54, 1.807) is 12.1 Å². The van der Waals surface area contributed by atoms with Crippen molar-refractivity contribution in [3.63, 3.8) is 0 Å². The molecule has 6 heteroatoms. The Labute approximate surface area is 131 Å². The van der Waals surface area contributed by atoms with E-state index in [1.807, 2.05) is 6.07 Å². The summed E-state index contributed by atoms with van der Waals surface area (Å²) in [5, 5.41) is 3.21. The molecule has 0 aliphatic carbocycles. The first-order chi connectivity index (χ1) is 10.9. The Bertz CT molecular complexity index is 738. The number of carbonyl (C=O) groups is 1. The summed E-state index contributed by atoms with van der Waals surface area (Å²) in [6.45, 7) is 0. The van der Waals surface area contributed by atoms with Crippen molar-refractivity contribution < 1.29 is 22.7 Å². The molecule has 0 saturated heterocycles. The molecule has 23 heavy (non-hydrogen) atoms. The van der Waals surface area contributed by atoms with Gasteiger partial charge in [-0.05, 0) is 35.7 Å². The highest BCUT2D eigenvalue weighted by molar-refractivity contribution is 5.97. The second-order valence-corrected chi connectivity index (χ2v) is 5.35. The minimum Gasteiger partial charge on any atom is -0.465 e. The van der Waals surface area contributed by atoms with Crippen molar-refractivity contribution in [3.05, 3.63) is 64.7 Å². The van der Waals surface area contributed by atoms with Gasteiger partial charge < -0.3 is 10.1 Å². The van der Waals surface area contributed by atoms with Crippen LogP contribution < -0.4 is 5.32 Å². The lowest BCUT2D eigenvalue weighted by Crippen LogP contribution is -2.10. The molecule has 1 aliphatic rings. The SMILES string of the molecule is COC(=O)c1cccc2c1N[C@@H](c1ccc(C(F)(F)F)cc1)C2. The number of alkyl halides is 3. The minimum atomic E-state index is -4.34. The standard InChI is InChI=1S/C17H14F3NO2/c1-23-16(22)13-4-2-3-11-9-14(21-15(11)13)10-5-7-12(8-6-10)17(18,19)20/h2-8,14,21H,9H2,1H3/t14-/m1/s1. The number of ether oxygens (including phenoxy) is 1. The van der Waals surface area contributed by atoms with Gasteiger partial charge in [0.2, 0.25) is 0 Å². The van der Waals surface area contributed by atoms with Gasteiger partial charge >= 0.3 is 12.1 Å². The number of halogens is 3. The van der Waals surface area contributed by atoms with Gasteiger partial charge in [-0.3, -0.25) is 0 Å². The molecule has 1 heterocycles. The van der Waals surface area contributed by atoms with Crippen LogP contribution in [-0.2, 0) is 17.3 Å². The smallest absolute Gasteiger partial charge is 0.416 e. The highest BCUT2D eigenvalue weighted by Gasteiger charge is 2.31. The number of esters is 1. The van der Waals surface area contributed by atoms with E-state index in [1.165, 1.54) is 19.2 Å². The predicted octanol–water partition coefficient (Wildman–Crippen LogP) is 4.20. The highest BCUT2D eigenvalue weighted by Crippen LogP contribution is 2.37. The van der Waals surface area contributed by atoms with Crippen molar-refractivity contribution in [1.29, 1.82) is 0 Å². The Morgan fingerprint density at radius 2 is 1.87 bits per heavy atom. The molecule has 0 saturated carbocycles. The molecule has 120 valence electrons. The first-order valence-electron chi connectivity index (χ1n) is 7.04. The molecule has 3 rings (SSSR count). The van der Waals surface area contributed by atoms with E-state index in [9.17, 15) is 18.0 Å². The summed E-state index contributed by atoms with van der Waals surface area (Å²) >= 11 is 0. The number of hydrogen-bond donors (Lipinski definition) is 1. The molecular weight excluding hydrogens is 307 g/mol. The summed E-state index contributed by atoms with van der Waals surface area (Å²) in [5.41, 5.74) is 2.12. The van der Waals surface area contributed by atoms with Gasteiger partial charge in [0.1, 0.15) is 0 Å². The van der Waals surface area contributed by atoms with E-state index in [4.69, 9.17) is 4.74 Å². The first-order valence-corrected chi connectivity index (χ1v) is 7.04. The Balaban J connectivity index is 1.86. The molecule has 1 N–H and O–H groups in total. The van der Waals surface area contributed by atoms with Gasteiger partial charge in [0, 0.05) is 0 Å². The van der Waals surface area contributed by atoms with E-state index in [0.29, 0.717) is 17.7 Å². The number of rotatable bonds is 2. The molecule has 2 aromatic carbocycles. The van der Waals surface area contributed by atoms with Crippen LogP contribution >= 0.6 is 0 Å². The topological polar surface area (TPSA) is 38.3 Å². The van der Waals surface area contributed by atoms with Gasteiger partial charge in [0.25, 0.3) is 0 Å². The van der Waals surface area contributed by atoms with Gasteiger partial charge in [-0.15, -0.1) is 0 Å². The maximum Gasteiger partial charge on any atom is 0.416 e. The molecule has 1 aliphatic heterocycles. The lowest BCUT2D eigenvalue weighted by atomic mass is 10.0. The summed E-state index contributed by atoms with van der Waals surface area (Å²) in [7, 11) is 1.31. The molecule has 0 radical (unpaired) electrons. The Morgan fingerprint density at radius 3 is 2.48 bits per heavy atom. The fraction of sp³-hybridized carbons (Fsp3) is 0.235. The lowest BCUT2D eigenvalue weighted by molar-refractivity contribution is -0.137. The number of methoxy groups -OCH3 is 1. The van der Waals surface area contributed by atoms with Crippen molar-refractivity contribution in [3.8, 4) is 0 Å². The lowest BCUT2D eigenvalue weighted by Gasteiger charge is -2.14. The van der Waals surface area contributed by atoms with Crippen LogP contribution in [0.3, 0.4) is 0 Å². The van der Waals surface area contributed by atoms with E-state index >= 15 is 0 Å².